The van der Waals surface area contributed by atoms with Crippen molar-refractivity contribution in [2.24, 2.45) is 0 Å². The normalized spacial score (nSPS) is 15.4. The second-order valence-electron chi connectivity index (χ2n) is 6.69. The van der Waals surface area contributed by atoms with Crippen LogP contribution in [0.5, 0.6) is 11.5 Å². The Bertz CT molecular complexity index is 1020. The van der Waals surface area contributed by atoms with Gasteiger partial charge in [0.2, 0.25) is 6.79 Å². The lowest BCUT2D eigenvalue weighted by atomic mass is 10.1. The fourth-order valence-corrected chi connectivity index (χ4v) is 3.21. The Hall–Kier alpha value is -3.09. The lowest BCUT2D eigenvalue weighted by molar-refractivity contribution is 0.0952. The van der Waals surface area contributed by atoms with Crippen LogP contribution in [0.4, 0.5) is 0 Å². The molecule has 1 aliphatic carbocycles. The van der Waals surface area contributed by atoms with E-state index in [1.54, 1.807) is 0 Å². The largest absolute Gasteiger partial charge is 0.454 e. The molecule has 0 saturated heterocycles. The second kappa shape index (κ2) is 5.72. The maximum Gasteiger partial charge on any atom is 0.259 e. The molecule has 0 radical (unpaired) electrons. The zero-order valence-corrected chi connectivity index (χ0v) is 14.2. The molecule has 1 N–H and O–H groups in total. The van der Waals surface area contributed by atoms with E-state index in [2.05, 4.69) is 15.5 Å². The first kappa shape index (κ1) is 15.2. The van der Waals surface area contributed by atoms with Gasteiger partial charge in [-0.15, -0.1) is 0 Å². The number of benzene rings is 1. The van der Waals surface area contributed by atoms with E-state index in [-0.39, 0.29) is 12.7 Å². The van der Waals surface area contributed by atoms with Crippen molar-refractivity contribution in [2.75, 3.05) is 6.79 Å². The molecular formula is C19H17N3O4. The van der Waals surface area contributed by atoms with E-state index >= 15 is 0 Å². The Morgan fingerprint density at radius 3 is 2.92 bits per heavy atom. The van der Waals surface area contributed by atoms with Crippen molar-refractivity contribution in [2.45, 2.75) is 32.2 Å². The molecule has 132 valence electrons. The summed E-state index contributed by atoms with van der Waals surface area (Å²) in [5.41, 5.74) is 3.51. The predicted molar refractivity (Wildman–Crippen MR) is 92.3 cm³/mol. The van der Waals surface area contributed by atoms with Crippen molar-refractivity contribution >= 4 is 17.0 Å². The van der Waals surface area contributed by atoms with Gasteiger partial charge in [-0.05, 0) is 43.5 Å². The molecule has 0 spiro atoms. The van der Waals surface area contributed by atoms with Crippen molar-refractivity contribution in [3.8, 4) is 11.5 Å². The molecule has 0 bridgehead atoms. The van der Waals surface area contributed by atoms with Gasteiger partial charge in [0.15, 0.2) is 11.5 Å². The summed E-state index contributed by atoms with van der Waals surface area (Å²) < 4.78 is 16.0. The number of carbonyl (C=O) groups is 1. The third kappa shape index (κ3) is 2.56. The standard InChI is InChI=1S/C19H17N3O4/c1-10-17-13(7-14(12-3-4-12)21-19(17)26-22-10)18(23)20-8-11-2-5-15-16(6-11)25-9-24-15/h2,5-7,12H,3-4,8-9H2,1H3,(H,20,23). The van der Waals surface area contributed by atoms with Crippen LogP contribution in [0.3, 0.4) is 0 Å². The molecule has 7 nitrogen and oxygen atoms in total. The quantitative estimate of drug-likeness (QED) is 0.777. The van der Waals surface area contributed by atoms with E-state index < -0.39 is 0 Å². The molecule has 3 heterocycles. The Labute approximate surface area is 149 Å². The van der Waals surface area contributed by atoms with Crippen LogP contribution in [0.2, 0.25) is 0 Å². The van der Waals surface area contributed by atoms with Crippen molar-refractivity contribution in [3.05, 3.63) is 46.8 Å². The van der Waals surface area contributed by atoms with E-state index in [9.17, 15) is 4.79 Å². The summed E-state index contributed by atoms with van der Waals surface area (Å²) in [5.74, 6) is 1.69. The third-order valence-electron chi connectivity index (χ3n) is 4.77. The first-order chi connectivity index (χ1) is 12.7. The average Bonchev–Trinajstić information content (AvgIpc) is 3.29. The molecule has 0 atom stereocenters. The third-order valence-corrected chi connectivity index (χ3v) is 4.77. The minimum atomic E-state index is -0.164. The van der Waals surface area contributed by atoms with Gasteiger partial charge in [0.1, 0.15) is 0 Å². The Kier molecular flexibility index (Phi) is 3.34. The molecule has 0 unspecified atom stereocenters. The maximum absolute atomic E-state index is 12.8. The molecule has 5 rings (SSSR count). The molecule has 7 heteroatoms. The van der Waals surface area contributed by atoms with Crippen LogP contribution in [0.25, 0.3) is 11.1 Å². The fraction of sp³-hybridized carbons (Fsp3) is 0.316. The molecule has 1 aromatic carbocycles. The van der Waals surface area contributed by atoms with Gasteiger partial charge in [-0.3, -0.25) is 4.79 Å². The summed E-state index contributed by atoms with van der Waals surface area (Å²) in [4.78, 5) is 17.4. The fourth-order valence-electron chi connectivity index (χ4n) is 3.21. The number of hydrogen-bond donors (Lipinski definition) is 1. The zero-order chi connectivity index (χ0) is 17.7. The summed E-state index contributed by atoms with van der Waals surface area (Å²) in [5, 5.41) is 7.62. The van der Waals surface area contributed by atoms with Crippen LogP contribution in [0.15, 0.2) is 28.8 Å². The minimum Gasteiger partial charge on any atom is -0.454 e. The Morgan fingerprint density at radius 1 is 1.23 bits per heavy atom. The number of fused-ring (bicyclic) bond motifs is 2. The molecule has 1 saturated carbocycles. The summed E-state index contributed by atoms with van der Waals surface area (Å²) in [6.07, 6.45) is 2.20. The van der Waals surface area contributed by atoms with E-state index in [1.807, 2.05) is 31.2 Å². The van der Waals surface area contributed by atoms with Gasteiger partial charge in [-0.1, -0.05) is 11.2 Å². The number of aromatic nitrogens is 2. The van der Waals surface area contributed by atoms with Crippen LogP contribution in [0, 0.1) is 6.92 Å². The Balaban J connectivity index is 1.42. The van der Waals surface area contributed by atoms with Gasteiger partial charge >= 0.3 is 0 Å². The van der Waals surface area contributed by atoms with Crippen molar-refractivity contribution in [3.63, 3.8) is 0 Å². The molecule has 2 aliphatic rings. The lowest BCUT2D eigenvalue weighted by Crippen LogP contribution is -2.23. The number of pyridine rings is 1. The number of amides is 1. The van der Waals surface area contributed by atoms with Crippen molar-refractivity contribution in [1.82, 2.24) is 15.5 Å². The second-order valence-corrected chi connectivity index (χ2v) is 6.69. The summed E-state index contributed by atoms with van der Waals surface area (Å²) in [6, 6.07) is 7.52. The number of rotatable bonds is 4. The first-order valence-electron chi connectivity index (χ1n) is 8.62. The van der Waals surface area contributed by atoms with Gasteiger partial charge in [-0.2, -0.15) is 0 Å². The van der Waals surface area contributed by atoms with E-state index in [4.69, 9.17) is 14.0 Å². The van der Waals surface area contributed by atoms with E-state index in [0.717, 1.165) is 29.8 Å². The SMILES string of the molecule is Cc1noc2nc(C3CC3)cc(C(=O)NCc3ccc4c(c3)OCO4)c12. The summed E-state index contributed by atoms with van der Waals surface area (Å²) in [6.45, 7) is 2.44. The molecule has 3 aromatic rings. The molecule has 2 aromatic heterocycles. The van der Waals surface area contributed by atoms with Crippen LogP contribution in [0.1, 0.15) is 46.1 Å². The molecule has 26 heavy (non-hydrogen) atoms. The highest BCUT2D eigenvalue weighted by molar-refractivity contribution is 6.06. The van der Waals surface area contributed by atoms with Gasteiger partial charge in [-0.25, -0.2) is 4.98 Å². The van der Waals surface area contributed by atoms with E-state index in [1.165, 1.54) is 0 Å². The number of carbonyl (C=O) groups excluding carboxylic acids is 1. The average molecular weight is 351 g/mol. The summed E-state index contributed by atoms with van der Waals surface area (Å²) >= 11 is 0. The van der Waals surface area contributed by atoms with Gasteiger partial charge in [0, 0.05) is 18.2 Å². The van der Waals surface area contributed by atoms with E-state index in [0.29, 0.717) is 40.6 Å². The van der Waals surface area contributed by atoms with Crippen LogP contribution < -0.4 is 14.8 Å². The highest BCUT2D eigenvalue weighted by Crippen LogP contribution is 2.40. The van der Waals surface area contributed by atoms with Gasteiger partial charge < -0.3 is 19.3 Å². The predicted octanol–water partition coefficient (Wildman–Crippen LogP) is 3.07. The van der Waals surface area contributed by atoms with Gasteiger partial charge in [0.25, 0.3) is 11.6 Å². The van der Waals surface area contributed by atoms with Crippen LogP contribution in [-0.4, -0.2) is 22.8 Å². The number of nitrogens with zero attached hydrogens (tertiary/aromatic N) is 2. The Morgan fingerprint density at radius 2 is 2.08 bits per heavy atom. The lowest BCUT2D eigenvalue weighted by Gasteiger charge is -2.08. The topological polar surface area (TPSA) is 86.5 Å². The van der Waals surface area contributed by atoms with Crippen LogP contribution in [-0.2, 0) is 6.54 Å². The van der Waals surface area contributed by atoms with Gasteiger partial charge in [0.05, 0.1) is 16.6 Å². The smallest absolute Gasteiger partial charge is 0.259 e. The molecule has 1 amide bonds. The first-order valence-corrected chi connectivity index (χ1v) is 8.62. The van der Waals surface area contributed by atoms with Crippen molar-refractivity contribution in [1.29, 1.82) is 0 Å². The molecular weight excluding hydrogens is 334 g/mol. The highest BCUT2D eigenvalue weighted by atomic mass is 16.7. The number of nitrogens with one attached hydrogen (secondary N) is 1. The number of aryl methyl sites for hydroxylation is 1. The monoisotopic (exact) mass is 351 g/mol. The number of hydrogen-bond acceptors (Lipinski definition) is 6. The molecule has 1 aliphatic heterocycles. The highest BCUT2D eigenvalue weighted by Gasteiger charge is 2.28. The van der Waals surface area contributed by atoms with Crippen molar-refractivity contribution < 1.29 is 18.8 Å². The molecule has 1 fully saturated rings. The minimum absolute atomic E-state index is 0.164. The number of ether oxygens (including phenoxy) is 2. The maximum atomic E-state index is 12.8. The summed E-state index contributed by atoms with van der Waals surface area (Å²) in [7, 11) is 0. The zero-order valence-electron chi connectivity index (χ0n) is 14.2. The van der Waals surface area contributed by atoms with Crippen LogP contribution >= 0.6 is 0 Å².